The lowest BCUT2D eigenvalue weighted by molar-refractivity contribution is 0.416. The van der Waals surface area contributed by atoms with Crippen LogP contribution in [0.3, 0.4) is 0 Å². The Morgan fingerprint density at radius 3 is 2.21 bits per heavy atom. The average Bonchev–Trinajstić information content (AvgIpc) is 2.81. The van der Waals surface area contributed by atoms with E-state index >= 15 is 0 Å². The van der Waals surface area contributed by atoms with Crippen LogP contribution in [0.1, 0.15) is 33.2 Å². The molecule has 0 aliphatic rings. The Hall–Kier alpha value is -1.32. The summed E-state index contributed by atoms with van der Waals surface area (Å²) >= 11 is 1.74. The minimum Gasteiger partial charge on any atom is -0.496 e. The molecule has 0 bridgehead atoms. The SMILES string of the molecule is CNC(c1cc(OC)cs1)c1c(C)cc(C)cc1C. The summed E-state index contributed by atoms with van der Waals surface area (Å²) in [5, 5.41) is 5.48. The van der Waals surface area contributed by atoms with Crippen LogP contribution in [0.2, 0.25) is 0 Å². The zero-order valence-corrected chi connectivity index (χ0v) is 13.0. The minimum atomic E-state index is 0.231. The highest BCUT2D eigenvalue weighted by atomic mass is 32.1. The van der Waals surface area contributed by atoms with Gasteiger partial charge < -0.3 is 10.1 Å². The fraction of sp³-hybridized carbons (Fsp3) is 0.375. The first-order valence-corrected chi connectivity index (χ1v) is 7.32. The van der Waals surface area contributed by atoms with E-state index in [1.165, 1.54) is 27.1 Å². The molecule has 0 saturated heterocycles. The number of hydrogen-bond donors (Lipinski definition) is 1. The summed E-state index contributed by atoms with van der Waals surface area (Å²) in [5.74, 6) is 0.933. The number of methoxy groups -OCH3 is 1. The molecule has 1 atom stereocenters. The first kappa shape index (κ1) is 14.1. The van der Waals surface area contributed by atoms with Gasteiger partial charge in [0.1, 0.15) is 5.75 Å². The number of rotatable bonds is 4. The lowest BCUT2D eigenvalue weighted by Gasteiger charge is -2.20. The molecule has 1 unspecified atom stereocenters. The summed E-state index contributed by atoms with van der Waals surface area (Å²) in [7, 11) is 3.72. The molecule has 1 heterocycles. The molecule has 0 aliphatic heterocycles. The summed E-state index contributed by atoms with van der Waals surface area (Å²) in [6.45, 7) is 6.52. The smallest absolute Gasteiger partial charge is 0.129 e. The van der Waals surface area contributed by atoms with Crippen LogP contribution < -0.4 is 10.1 Å². The van der Waals surface area contributed by atoms with E-state index < -0.39 is 0 Å². The fourth-order valence-corrected chi connectivity index (χ4v) is 3.64. The van der Waals surface area contributed by atoms with Gasteiger partial charge in [-0.3, -0.25) is 0 Å². The van der Waals surface area contributed by atoms with Crippen molar-refractivity contribution < 1.29 is 4.74 Å². The highest BCUT2D eigenvalue weighted by Gasteiger charge is 2.18. The second-order valence-corrected chi connectivity index (χ2v) is 5.87. The lowest BCUT2D eigenvalue weighted by atomic mass is 9.93. The molecule has 2 nitrogen and oxygen atoms in total. The van der Waals surface area contributed by atoms with E-state index in [0.717, 1.165) is 5.75 Å². The number of ether oxygens (including phenoxy) is 1. The highest BCUT2D eigenvalue weighted by Crippen LogP contribution is 2.34. The third-order valence-corrected chi connectivity index (χ3v) is 4.41. The zero-order chi connectivity index (χ0) is 14.0. The van der Waals surface area contributed by atoms with Gasteiger partial charge in [-0.1, -0.05) is 17.7 Å². The van der Waals surface area contributed by atoms with Gasteiger partial charge in [0.25, 0.3) is 0 Å². The Morgan fingerprint density at radius 2 is 1.74 bits per heavy atom. The molecular weight excluding hydrogens is 254 g/mol. The summed E-state index contributed by atoms with van der Waals surface area (Å²) in [5.41, 5.74) is 5.36. The van der Waals surface area contributed by atoms with Crippen molar-refractivity contribution in [1.82, 2.24) is 5.32 Å². The van der Waals surface area contributed by atoms with Gasteiger partial charge in [-0.05, 0) is 50.6 Å². The van der Waals surface area contributed by atoms with Crippen LogP contribution in [0.25, 0.3) is 0 Å². The molecule has 0 radical (unpaired) electrons. The predicted octanol–water partition coefficient (Wildman–Crippen LogP) is 3.99. The Bertz CT molecular complexity index is 551. The van der Waals surface area contributed by atoms with E-state index in [0.29, 0.717) is 0 Å². The number of aryl methyl sites for hydroxylation is 3. The molecule has 0 saturated carbocycles. The summed E-state index contributed by atoms with van der Waals surface area (Å²) < 4.78 is 5.29. The van der Waals surface area contributed by atoms with Gasteiger partial charge in [-0.25, -0.2) is 0 Å². The maximum Gasteiger partial charge on any atom is 0.129 e. The molecule has 0 spiro atoms. The molecule has 1 aromatic carbocycles. The van der Waals surface area contributed by atoms with Crippen LogP contribution in [0.4, 0.5) is 0 Å². The van der Waals surface area contributed by atoms with E-state index in [9.17, 15) is 0 Å². The molecule has 0 aliphatic carbocycles. The normalized spacial score (nSPS) is 12.5. The third-order valence-electron chi connectivity index (χ3n) is 3.43. The molecule has 1 aromatic heterocycles. The quantitative estimate of drug-likeness (QED) is 0.911. The third kappa shape index (κ3) is 2.82. The van der Waals surface area contributed by atoms with Crippen molar-refractivity contribution in [2.45, 2.75) is 26.8 Å². The molecule has 102 valence electrons. The molecule has 3 heteroatoms. The van der Waals surface area contributed by atoms with E-state index in [4.69, 9.17) is 4.74 Å². The van der Waals surface area contributed by atoms with Gasteiger partial charge in [0.15, 0.2) is 0 Å². The number of nitrogens with one attached hydrogen (secondary N) is 1. The van der Waals surface area contributed by atoms with Gasteiger partial charge in [0, 0.05) is 10.3 Å². The second-order valence-electron chi connectivity index (χ2n) is 4.92. The fourth-order valence-electron chi connectivity index (χ4n) is 2.67. The van der Waals surface area contributed by atoms with Gasteiger partial charge >= 0.3 is 0 Å². The standard InChI is InChI=1S/C16H21NOS/c1-10-6-11(2)15(12(3)7-10)16(17-4)14-8-13(18-5)9-19-14/h6-9,16-17H,1-5H3. The Morgan fingerprint density at radius 1 is 1.11 bits per heavy atom. The maximum absolute atomic E-state index is 5.29. The Balaban J connectivity index is 2.47. The largest absolute Gasteiger partial charge is 0.496 e. The molecule has 19 heavy (non-hydrogen) atoms. The van der Waals surface area contributed by atoms with E-state index in [-0.39, 0.29) is 6.04 Å². The van der Waals surface area contributed by atoms with Gasteiger partial charge in [-0.2, -0.15) is 0 Å². The van der Waals surface area contributed by atoms with Crippen molar-refractivity contribution in [1.29, 1.82) is 0 Å². The zero-order valence-electron chi connectivity index (χ0n) is 12.2. The van der Waals surface area contributed by atoms with Gasteiger partial charge in [-0.15, -0.1) is 11.3 Å². The first-order valence-electron chi connectivity index (χ1n) is 6.44. The van der Waals surface area contributed by atoms with Crippen molar-refractivity contribution in [2.24, 2.45) is 0 Å². The van der Waals surface area contributed by atoms with Crippen LogP contribution in [0.5, 0.6) is 5.75 Å². The van der Waals surface area contributed by atoms with Crippen molar-refractivity contribution in [3.63, 3.8) is 0 Å². The van der Waals surface area contributed by atoms with Crippen molar-refractivity contribution >= 4 is 11.3 Å². The van der Waals surface area contributed by atoms with Crippen LogP contribution >= 0.6 is 11.3 Å². The van der Waals surface area contributed by atoms with Crippen LogP contribution in [-0.2, 0) is 0 Å². The molecule has 0 fully saturated rings. The van der Waals surface area contributed by atoms with Crippen LogP contribution in [-0.4, -0.2) is 14.2 Å². The van der Waals surface area contributed by atoms with Gasteiger partial charge in [0.2, 0.25) is 0 Å². The van der Waals surface area contributed by atoms with E-state index in [1.54, 1.807) is 18.4 Å². The van der Waals surface area contributed by atoms with E-state index in [2.05, 4.69) is 49.7 Å². The second kappa shape index (κ2) is 5.76. The van der Waals surface area contributed by atoms with Crippen LogP contribution in [0, 0.1) is 20.8 Å². The summed E-state index contributed by atoms with van der Waals surface area (Å²) in [6.07, 6.45) is 0. The number of benzene rings is 1. The highest BCUT2D eigenvalue weighted by molar-refractivity contribution is 7.10. The Kier molecular flexibility index (Phi) is 4.27. The molecule has 2 aromatic rings. The van der Waals surface area contributed by atoms with E-state index in [1.807, 2.05) is 7.05 Å². The van der Waals surface area contributed by atoms with Crippen LogP contribution in [0.15, 0.2) is 23.6 Å². The number of hydrogen-bond acceptors (Lipinski definition) is 3. The monoisotopic (exact) mass is 275 g/mol. The van der Waals surface area contributed by atoms with Crippen molar-refractivity contribution in [3.05, 3.63) is 50.7 Å². The Labute approximate surface area is 119 Å². The first-order chi connectivity index (χ1) is 9.06. The van der Waals surface area contributed by atoms with Gasteiger partial charge in [0.05, 0.1) is 13.2 Å². The lowest BCUT2D eigenvalue weighted by Crippen LogP contribution is -2.19. The predicted molar refractivity (Wildman–Crippen MR) is 82.4 cm³/mol. The minimum absolute atomic E-state index is 0.231. The number of thiophene rings is 1. The van der Waals surface area contributed by atoms with Crippen molar-refractivity contribution in [3.8, 4) is 5.75 Å². The summed E-state index contributed by atoms with van der Waals surface area (Å²) in [6, 6.07) is 6.84. The summed E-state index contributed by atoms with van der Waals surface area (Å²) in [4.78, 5) is 1.29. The maximum atomic E-state index is 5.29. The molecule has 1 N–H and O–H groups in total. The topological polar surface area (TPSA) is 21.3 Å². The van der Waals surface area contributed by atoms with Crippen molar-refractivity contribution in [2.75, 3.05) is 14.2 Å². The molecular formula is C16H21NOS. The molecule has 2 rings (SSSR count). The average molecular weight is 275 g/mol. The molecule has 0 amide bonds.